The molecule has 1 atom stereocenters. The maximum Gasteiger partial charge on any atom is 0.335 e. The van der Waals surface area contributed by atoms with Crippen molar-refractivity contribution in [3.63, 3.8) is 0 Å². The number of carbonyl (C=O) groups is 1. The van der Waals surface area contributed by atoms with Crippen molar-refractivity contribution in [3.8, 4) is 22.6 Å². The summed E-state index contributed by atoms with van der Waals surface area (Å²) in [6.07, 6.45) is 1.49. The summed E-state index contributed by atoms with van der Waals surface area (Å²) in [5, 5.41) is 14.3. The lowest BCUT2D eigenvalue weighted by Crippen LogP contribution is -2.26. The normalized spacial score (nSPS) is 11.9. The number of para-hydroxylation sites is 1. The molecular weight excluding hydrogens is 526 g/mol. The van der Waals surface area contributed by atoms with Gasteiger partial charge < -0.3 is 15.2 Å². The quantitative estimate of drug-likeness (QED) is 0.251. The van der Waals surface area contributed by atoms with Gasteiger partial charge in [0.2, 0.25) is 0 Å². The highest BCUT2D eigenvalue weighted by molar-refractivity contribution is 7.16. The van der Waals surface area contributed by atoms with E-state index in [1.54, 1.807) is 22.2 Å². The maximum atomic E-state index is 14.4. The molecular formula is C30H23N5O4S. The lowest BCUT2D eigenvalue weighted by atomic mass is 9.96. The van der Waals surface area contributed by atoms with Crippen molar-refractivity contribution in [1.29, 1.82) is 0 Å². The first-order chi connectivity index (χ1) is 19.4. The monoisotopic (exact) mass is 549 g/mol. The van der Waals surface area contributed by atoms with E-state index in [2.05, 4.69) is 20.3 Å². The van der Waals surface area contributed by atoms with Gasteiger partial charge in [-0.15, -0.1) is 11.3 Å². The number of hydrogen-bond donors (Lipinski definition) is 2. The SMILES string of the molecule is COc1cc(C(=O)O)cc(-c2cccc3cc(C(C)Nc4ncnc5scnc45)n(-c4ccccc4)c(=O)c23)c1. The molecule has 1 unspecified atom stereocenters. The van der Waals surface area contributed by atoms with E-state index < -0.39 is 5.97 Å². The number of pyridine rings is 1. The number of carboxylic acids is 1. The lowest BCUT2D eigenvalue weighted by molar-refractivity contribution is 0.0696. The number of ether oxygens (including phenoxy) is 1. The minimum absolute atomic E-state index is 0.0717. The molecule has 2 N–H and O–H groups in total. The summed E-state index contributed by atoms with van der Waals surface area (Å²) in [6, 6.07) is 21.4. The van der Waals surface area contributed by atoms with Gasteiger partial charge in [-0.2, -0.15) is 0 Å². The van der Waals surface area contributed by atoms with E-state index in [0.29, 0.717) is 39.3 Å². The molecule has 198 valence electrons. The number of aromatic carboxylic acids is 1. The van der Waals surface area contributed by atoms with Crippen LogP contribution in [-0.4, -0.2) is 37.7 Å². The van der Waals surface area contributed by atoms with Crippen molar-refractivity contribution in [2.75, 3.05) is 12.4 Å². The van der Waals surface area contributed by atoms with Gasteiger partial charge in [-0.3, -0.25) is 9.36 Å². The van der Waals surface area contributed by atoms with Gasteiger partial charge in [-0.1, -0.05) is 36.4 Å². The zero-order valence-electron chi connectivity index (χ0n) is 21.5. The topological polar surface area (TPSA) is 119 Å². The zero-order chi connectivity index (χ0) is 27.8. The Morgan fingerprint density at radius 2 is 1.85 bits per heavy atom. The average Bonchev–Trinajstić information content (AvgIpc) is 3.47. The van der Waals surface area contributed by atoms with Crippen LogP contribution in [0.5, 0.6) is 5.75 Å². The second-order valence-electron chi connectivity index (χ2n) is 9.16. The highest BCUT2D eigenvalue weighted by Crippen LogP contribution is 2.33. The van der Waals surface area contributed by atoms with Crippen molar-refractivity contribution < 1.29 is 14.6 Å². The van der Waals surface area contributed by atoms with Crippen molar-refractivity contribution in [1.82, 2.24) is 19.5 Å². The van der Waals surface area contributed by atoms with Gasteiger partial charge in [0.25, 0.3) is 5.56 Å². The van der Waals surface area contributed by atoms with Crippen LogP contribution in [0.15, 0.2) is 89.4 Å². The van der Waals surface area contributed by atoms with E-state index in [1.165, 1.54) is 30.8 Å². The number of benzene rings is 3. The second kappa shape index (κ2) is 10.2. The van der Waals surface area contributed by atoms with Gasteiger partial charge in [0.15, 0.2) is 5.82 Å². The maximum absolute atomic E-state index is 14.4. The Balaban J connectivity index is 1.58. The van der Waals surface area contributed by atoms with Crippen LogP contribution in [-0.2, 0) is 0 Å². The number of hydrogen-bond acceptors (Lipinski definition) is 8. The molecule has 6 aromatic rings. The molecule has 0 aliphatic rings. The highest BCUT2D eigenvalue weighted by atomic mass is 32.1. The Morgan fingerprint density at radius 3 is 2.62 bits per heavy atom. The molecule has 0 saturated carbocycles. The third-order valence-corrected chi connectivity index (χ3v) is 7.45. The predicted octanol–water partition coefficient (Wildman–Crippen LogP) is 5.94. The van der Waals surface area contributed by atoms with Crippen LogP contribution in [0.2, 0.25) is 0 Å². The minimum Gasteiger partial charge on any atom is -0.497 e. The fraction of sp³-hybridized carbons (Fsp3) is 0.100. The molecule has 40 heavy (non-hydrogen) atoms. The fourth-order valence-corrected chi connectivity index (χ4v) is 5.49. The van der Waals surface area contributed by atoms with Crippen LogP contribution in [0, 0.1) is 0 Å². The van der Waals surface area contributed by atoms with E-state index in [9.17, 15) is 14.7 Å². The lowest BCUT2D eigenvalue weighted by Gasteiger charge is -2.22. The van der Waals surface area contributed by atoms with Gasteiger partial charge in [0.05, 0.1) is 29.6 Å². The Kier molecular flexibility index (Phi) is 6.45. The van der Waals surface area contributed by atoms with Gasteiger partial charge in [-0.25, -0.2) is 19.7 Å². The Labute approximate surface area is 232 Å². The second-order valence-corrected chi connectivity index (χ2v) is 10.00. The molecule has 0 radical (unpaired) electrons. The summed E-state index contributed by atoms with van der Waals surface area (Å²) in [5.74, 6) is -0.108. The molecule has 0 saturated heterocycles. The number of rotatable bonds is 7. The molecule has 0 aliphatic heterocycles. The fourth-order valence-electron chi connectivity index (χ4n) is 4.86. The van der Waals surface area contributed by atoms with Crippen LogP contribution in [0.1, 0.15) is 29.0 Å². The first-order valence-corrected chi connectivity index (χ1v) is 13.3. The molecule has 0 spiro atoms. The summed E-state index contributed by atoms with van der Waals surface area (Å²) in [4.78, 5) is 40.1. The van der Waals surface area contributed by atoms with E-state index in [0.717, 1.165) is 15.9 Å². The molecule has 0 aliphatic carbocycles. The summed E-state index contributed by atoms with van der Waals surface area (Å²) in [7, 11) is 1.48. The first-order valence-electron chi connectivity index (χ1n) is 12.4. The highest BCUT2D eigenvalue weighted by Gasteiger charge is 2.21. The zero-order valence-corrected chi connectivity index (χ0v) is 22.3. The average molecular weight is 550 g/mol. The third kappa shape index (κ3) is 4.44. The standard InChI is InChI=1S/C30H23N5O4S/c1-17(34-27-26-28(32-15-31-27)40-16-33-26)24-14-18-7-6-10-23(19-11-20(30(37)38)13-22(12-19)39-2)25(18)29(36)35(24)21-8-4-3-5-9-21/h3-17H,1-2H3,(H,37,38)(H,31,32,34). The molecule has 0 amide bonds. The first kappa shape index (κ1) is 25.2. The van der Waals surface area contributed by atoms with Crippen LogP contribution < -0.4 is 15.6 Å². The summed E-state index contributed by atoms with van der Waals surface area (Å²) >= 11 is 1.43. The number of fused-ring (bicyclic) bond motifs is 2. The van der Waals surface area contributed by atoms with Crippen LogP contribution in [0.4, 0.5) is 5.82 Å². The largest absolute Gasteiger partial charge is 0.497 e. The van der Waals surface area contributed by atoms with E-state index >= 15 is 0 Å². The predicted molar refractivity (Wildman–Crippen MR) is 156 cm³/mol. The molecule has 0 fully saturated rings. The molecule has 10 heteroatoms. The van der Waals surface area contributed by atoms with Gasteiger partial charge in [0.1, 0.15) is 22.4 Å². The number of nitrogens with one attached hydrogen (secondary N) is 1. The summed E-state index contributed by atoms with van der Waals surface area (Å²) < 4.78 is 7.05. The van der Waals surface area contributed by atoms with Crippen LogP contribution in [0.3, 0.4) is 0 Å². The molecule has 3 aromatic heterocycles. The van der Waals surface area contributed by atoms with Crippen LogP contribution in [0.25, 0.3) is 37.9 Å². The number of carboxylic acid groups (broad SMARTS) is 1. The molecule has 0 bridgehead atoms. The van der Waals surface area contributed by atoms with Crippen molar-refractivity contribution in [2.45, 2.75) is 13.0 Å². The van der Waals surface area contributed by atoms with E-state index in [4.69, 9.17) is 4.74 Å². The number of aromatic nitrogens is 4. The van der Waals surface area contributed by atoms with E-state index in [1.807, 2.05) is 61.5 Å². The number of methoxy groups -OCH3 is 1. The van der Waals surface area contributed by atoms with Crippen LogP contribution >= 0.6 is 11.3 Å². The van der Waals surface area contributed by atoms with Crippen molar-refractivity contribution in [2.24, 2.45) is 0 Å². The molecule has 3 aromatic carbocycles. The summed E-state index contributed by atoms with van der Waals surface area (Å²) in [6.45, 7) is 1.96. The van der Waals surface area contributed by atoms with Crippen molar-refractivity contribution >= 4 is 44.2 Å². The molecule has 3 heterocycles. The van der Waals surface area contributed by atoms with Gasteiger partial charge >= 0.3 is 5.97 Å². The Bertz CT molecular complexity index is 1950. The number of nitrogens with zero attached hydrogens (tertiary/aromatic N) is 4. The number of thiazole rings is 1. The molecule has 6 rings (SSSR count). The summed E-state index contributed by atoms with van der Waals surface area (Å²) in [5.41, 5.74) is 4.84. The Hall–Kier alpha value is -5.09. The number of anilines is 1. The van der Waals surface area contributed by atoms with Crippen molar-refractivity contribution in [3.05, 3.63) is 106 Å². The van der Waals surface area contributed by atoms with Gasteiger partial charge in [-0.05, 0) is 59.8 Å². The smallest absolute Gasteiger partial charge is 0.335 e. The minimum atomic E-state index is -1.08. The van der Waals surface area contributed by atoms with Gasteiger partial charge in [0, 0.05) is 11.4 Å². The van der Waals surface area contributed by atoms with E-state index in [-0.39, 0.29) is 17.2 Å². The third-order valence-electron chi connectivity index (χ3n) is 6.72. The Morgan fingerprint density at radius 1 is 1.02 bits per heavy atom. The molecule has 9 nitrogen and oxygen atoms in total.